The third-order valence-electron chi connectivity index (χ3n) is 4.19. The molecule has 0 aliphatic heterocycles. The molecule has 10 nitrogen and oxygen atoms in total. The molecule has 10 heteroatoms. The van der Waals surface area contributed by atoms with E-state index in [1.807, 2.05) is 0 Å². The molecule has 0 saturated heterocycles. The summed E-state index contributed by atoms with van der Waals surface area (Å²) >= 11 is 0. The van der Waals surface area contributed by atoms with Crippen molar-refractivity contribution in [2.24, 2.45) is 0 Å². The Bertz CT molecular complexity index is 884. The van der Waals surface area contributed by atoms with Crippen LogP contribution >= 0.6 is 0 Å². The Kier molecular flexibility index (Phi) is 7.35. The molecule has 0 spiro atoms. The molecule has 1 aromatic carbocycles. The van der Waals surface area contributed by atoms with Gasteiger partial charge >= 0.3 is 11.9 Å². The Morgan fingerprint density at radius 1 is 1.10 bits per heavy atom. The zero-order valence-corrected chi connectivity index (χ0v) is 15.7. The van der Waals surface area contributed by atoms with Crippen molar-refractivity contribution in [1.82, 2.24) is 10.3 Å². The van der Waals surface area contributed by atoms with Crippen LogP contribution in [0, 0.1) is 10.1 Å². The number of nitrogens with one attached hydrogen (secondary N) is 1. The summed E-state index contributed by atoms with van der Waals surface area (Å²) in [5.74, 6) is -2.95. The first-order valence-corrected chi connectivity index (χ1v) is 8.48. The number of hydrogen-bond donors (Lipinski definition) is 1. The Balaban J connectivity index is 2.40. The van der Waals surface area contributed by atoms with Crippen LogP contribution in [0.5, 0.6) is 0 Å². The number of ether oxygens (including phenoxy) is 2. The molecule has 152 valence electrons. The lowest BCUT2D eigenvalue weighted by Crippen LogP contribution is -2.46. The second-order valence-corrected chi connectivity index (χ2v) is 5.92. The molecule has 0 aliphatic carbocycles. The first-order chi connectivity index (χ1) is 13.9. The number of carbonyl (C=O) groups excluding carboxylic acids is 3. The summed E-state index contributed by atoms with van der Waals surface area (Å²) < 4.78 is 9.49. The van der Waals surface area contributed by atoms with Gasteiger partial charge in [0, 0.05) is 24.2 Å². The highest BCUT2D eigenvalue weighted by atomic mass is 16.6. The first kappa shape index (κ1) is 21.5. The number of rotatable bonds is 8. The van der Waals surface area contributed by atoms with Gasteiger partial charge in [-0.05, 0) is 17.7 Å². The third kappa shape index (κ3) is 5.58. The molecular formula is C19H19N3O7. The highest BCUT2D eigenvalue weighted by Gasteiger charge is 2.34. The first-order valence-electron chi connectivity index (χ1n) is 8.48. The molecule has 1 N–H and O–H groups in total. The Hall–Kier alpha value is -3.82. The molecule has 1 amide bonds. The van der Waals surface area contributed by atoms with Gasteiger partial charge in [-0.3, -0.25) is 24.7 Å². The van der Waals surface area contributed by atoms with Crippen LogP contribution in [0.3, 0.4) is 0 Å². The topological polar surface area (TPSA) is 138 Å². The van der Waals surface area contributed by atoms with Crippen molar-refractivity contribution in [1.29, 1.82) is 0 Å². The van der Waals surface area contributed by atoms with Crippen LogP contribution in [-0.4, -0.2) is 48.0 Å². The smallest absolute Gasteiger partial charge is 0.329 e. The lowest BCUT2D eigenvalue weighted by molar-refractivity contribution is -0.384. The van der Waals surface area contributed by atoms with Gasteiger partial charge in [-0.25, -0.2) is 4.79 Å². The fraction of sp³-hybridized carbons (Fsp3) is 0.263. The number of nitro benzene ring substituents is 1. The number of hydrogen-bond acceptors (Lipinski definition) is 8. The van der Waals surface area contributed by atoms with Crippen molar-refractivity contribution in [2.75, 3.05) is 14.2 Å². The largest absolute Gasteiger partial charge is 0.469 e. The van der Waals surface area contributed by atoms with E-state index >= 15 is 0 Å². The van der Waals surface area contributed by atoms with E-state index in [9.17, 15) is 24.5 Å². The van der Waals surface area contributed by atoms with Crippen LogP contribution in [0.1, 0.15) is 28.4 Å². The highest BCUT2D eigenvalue weighted by Crippen LogP contribution is 2.27. The molecule has 1 heterocycles. The lowest BCUT2D eigenvalue weighted by atomic mass is 9.88. The summed E-state index contributed by atoms with van der Waals surface area (Å²) in [4.78, 5) is 51.1. The number of nitrogens with zero attached hydrogens (tertiary/aromatic N) is 2. The number of non-ortho nitro benzene ring substituents is 1. The maximum Gasteiger partial charge on any atom is 0.329 e. The average molecular weight is 401 g/mol. The lowest BCUT2D eigenvalue weighted by Gasteiger charge is -2.25. The van der Waals surface area contributed by atoms with Crippen molar-refractivity contribution < 1.29 is 28.8 Å². The van der Waals surface area contributed by atoms with Gasteiger partial charge in [0.1, 0.15) is 11.7 Å². The Morgan fingerprint density at radius 2 is 1.79 bits per heavy atom. The second-order valence-electron chi connectivity index (χ2n) is 5.92. The molecule has 0 saturated carbocycles. The van der Waals surface area contributed by atoms with Gasteiger partial charge in [-0.2, -0.15) is 0 Å². The van der Waals surface area contributed by atoms with Gasteiger partial charge < -0.3 is 14.8 Å². The van der Waals surface area contributed by atoms with Gasteiger partial charge in [0.15, 0.2) is 0 Å². The zero-order chi connectivity index (χ0) is 21.4. The standard InChI is InChI=1S/C19H19N3O7/c1-28-16(23)11-14(12-6-8-13(9-7-12)22(26)27)17(19(25)29-2)21-18(24)15-5-3-4-10-20-15/h3-10,14,17H,11H2,1-2H3,(H,21,24)/t14-,17+/m0/s1. The number of methoxy groups -OCH3 is 2. The number of amides is 1. The van der Waals surface area contributed by atoms with Gasteiger partial charge in [0.05, 0.1) is 25.6 Å². The predicted octanol–water partition coefficient (Wildman–Crippen LogP) is 1.61. The summed E-state index contributed by atoms with van der Waals surface area (Å²) in [6, 6.07) is 8.76. The summed E-state index contributed by atoms with van der Waals surface area (Å²) in [5, 5.41) is 13.4. The molecule has 2 aromatic rings. The number of aromatic nitrogens is 1. The Morgan fingerprint density at radius 3 is 2.31 bits per heavy atom. The summed E-state index contributed by atoms with van der Waals surface area (Å²) in [6.07, 6.45) is 1.15. The molecular weight excluding hydrogens is 382 g/mol. The predicted molar refractivity (Wildman–Crippen MR) is 100.0 cm³/mol. The number of esters is 2. The molecule has 0 radical (unpaired) electrons. The minimum absolute atomic E-state index is 0.0712. The molecule has 0 fully saturated rings. The molecule has 0 bridgehead atoms. The molecule has 0 aliphatic rings. The normalized spacial score (nSPS) is 12.3. The molecule has 2 rings (SSSR count). The van der Waals surface area contributed by atoms with Crippen LogP contribution in [0.15, 0.2) is 48.7 Å². The molecule has 29 heavy (non-hydrogen) atoms. The van der Waals surface area contributed by atoms with Crippen molar-refractivity contribution in [3.05, 3.63) is 70.0 Å². The van der Waals surface area contributed by atoms with Crippen LogP contribution in [-0.2, 0) is 19.1 Å². The van der Waals surface area contributed by atoms with E-state index in [0.29, 0.717) is 5.56 Å². The Labute approximate surface area is 166 Å². The van der Waals surface area contributed by atoms with Gasteiger partial charge in [0.2, 0.25) is 0 Å². The SMILES string of the molecule is COC(=O)C[C@@H](c1ccc([N+](=O)[O-])cc1)[C@@H](NC(=O)c1ccccn1)C(=O)OC. The van der Waals surface area contributed by atoms with E-state index in [-0.39, 0.29) is 17.8 Å². The summed E-state index contributed by atoms with van der Waals surface area (Å²) in [6.45, 7) is 0. The highest BCUT2D eigenvalue weighted by molar-refractivity contribution is 5.95. The van der Waals surface area contributed by atoms with Crippen LogP contribution in [0.4, 0.5) is 5.69 Å². The fourth-order valence-electron chi connectivity index (χ4n) is 2.70. The van der Waals surface area contributed by atoms with Crippen molar-refractivity contribution in [3.8, 4) is 0 Å². The molecule has 2 atom stereocenters. The van der Waals surface area contributed by atoms with Crippen LogP contribution < -0.4 is 5.32 Å². The van der Waals surface area contributed by atoms with E-state index in [4.69, 9.17) is 9.47 Å². The van der Waals surface area contributed by atoms with Crippen molar-refractivity contribution in [2.45, 2.75) is 18.4 Å². The second kappa shape index (κ2) is 9.93. The quantitative estimate of drug-likeness (QED) is 0.400. The van der Waals surface area contributed by atoms with Crippen molar-refractivity contribution in [3.63, 3.8) is 0 Å². The average Bonchev–Trinajstić information content (AvgIpc) is 2.75. The minimum Gasteiger partial charge on any atom is -0.469 e. The van der Waals surface area contributed by atoms with E-state index in [0.717, 1.165) is 7.11 Å². The summed E-state index contributed by atoms with van der Waals surface area (Å²) in [5.41, 5.74) is 0.331. The monoisotopic (exact) mass is 401 g/mol. The van der Waals surface area contributed by atoms with Gasteiger partial charge in [-0.1, -0.05) is 18.2 Å². The minimum atomic E-state index is -1.25. The van der Waals surface area contributed by atoms with Crippen LogP contribution in [0.2, 0.25) is 0 Å². The fourth-order valence-corrected chi connectivity index (χ4v) is 2.70. The van der Waals surface area contributed by atoms with E-state index in [1.165, 1.54) is 43.6 Å². The number of carbonyl (C=O) groups is 3. The number of benzene rings is 1. The van der Waals surface area contributed by atoms with E-state index in [1.54, 1.807) is 12.1 Å². The zero-order valence-electron chi connectivity index (χ0n) is 15.7. The maximum absolute atomic E-state index is 12.5. The van der Waals surface area contributed by atoms with Gasteiger partial charge in [0.25, 0.3) is 11.6 Å². The van der Waals surface area contributed by atoms with E-state index in [2.05, 4.69) is 10.3 Å². The maximum atomic E-state index is 12.5. The van der Waals surface area contributed by atoms with E-state index < -0.39 is 34.7 Å². The van der Waals surface area contributed by atoms with Gasteiger partial charge in [-0.15, -0.1) is 0 Å². The summed E-state index contributed by atoms with van der Waals surface area (Å²) in [7, 11) is 2.34. The number of pyridine rings is 1. The van der Waals surface area contributed by atoms with Crippen molar-refractivity contribution >= 4 is 23.5 Å². The molecule has 0 unspecified atom stereocenters. The number of nitro groups is 1. The van der Waals surface area contributed by atoms with Crippen LogP contribution in [0.25, 0.3) is 0 Å². The third-order valence-corrected chi connectivity index (χ3v) is 4.19. The molecule has 1 aromatic heterocycles.